The van der Waals surface area contributed by atoms with Crippen LogP contribution in [0.1, 0.15) is 125 Å². The van der Waals surface area contributed by atoms with Crippen LogP contribution < -0.4 is 27.0 Å². The molecule has 59 heavy (non-hydrogen) atoms. The van der Waals surface area contributed by atoms with Gasteiger partial charge in [-0.15, -0.1) is 0 Å². The molecule has 0 saturated carbocycles. The number of unbranched alkanes of at least 4 members (excludes halogenated alkanes) is 3. The molecule has 332 valence electrons. The summed E-state index contributed by atoms with van der Waals surface area (Å²) in [7, 11) is 1.53. The van der Waals surface area contributed by atoms with Gasteiger partial charge < -0.3 is 41.7 Å². The molecule has 16 nitrogen and oxygen atoms in total. The van der Waals surface area contributed by atoms with Gasteiger partial charge >= 0.3 is 11.9 Å². The van der Waals surface area contributed by atoms with Crippen LogP contribution >= 0.6 is 0 Å². The summed E-state index contributed by atoms with van der Waals surface area (Å²) in [5, 5.41) is 19.7. The second-order valence-electron chi connectivity index (χ2n) is 16.2. The Morgan fingerprint density at radius 1 is 0.746 bits per heavy atom. The first-order valence-electron chi connectivity index (χ1n) is 20.9. The number of rotatable bonds is 28. The number of hydrogen-bond acceptors (Lipinski definition) is 9. The van der Waals surface area contributed by atoms with Crippen molar-refractivity contribution in [2.45, 2.75) is 162 Å². The minimum atomic E-state index is -1.73. The van der Waals surface area contributed by atoms with Gasteiger partial charge in [0, 0.05) is 13.5 Å². The monoisotopic (exact) mass is 831 g/mol. The van der Waals surface area contributed by atoms with Crippen molar-refractivity contribution in [3.63, 3.8) is 0 Å². The molecule has 0 fully saturated rings. The molecule has 0 radical (unpaired) electrons. The van der Waals surface area contributed by atoms with Crippen molar-refractivity contribution in [1.29, 1.82) is 0 Å². The van der Waals surface area contributed by atoms with E-state index in [1.807, 2.05) is 30.3 Å². The fourth-order valence-electron chi connectivity index (χ4n) is 6.57. The Labute approximate surface area is 349 Å². The maximum Gasteiger partial charge on any atom is 0.308 e. The Kier molecular flexibility index (Phi) is 23.7. The topological polar surface area (TPSA) is 243 Å². The quantitative estimate of drug-likeness (QED) is 0.0531. The lowest BCUT2D eigenvalue weighted by Gasteiger charge is -2.33. The van der Waals surface area contributed by atoms with E-state index in [1.165, 1.54) is 11.9 Å². The van der Waals surface area contributed by atoms with Gasteiger partial charge in [0.25, 0.3) is 0 Å². The molecule has 0 bridgehead atoms. The van der Waals surface area contributed by atoms with Crippen molar-refractivity contribution in [3.8, 4) is 0 Å². The zero-order chi connectivity index (χ0) is 44.8. The molecule has 0 aliphatic carbocycles. The van der Waals surface area contributed by atoms with Crippen LogP contribution in [0.3, 0.4) is 0 Å². The maximum atomic E-state index is 14.1. The molecule has 0 heterocycles. The Balaban J connectivity index is 3.42. The molecule has 1 rings (SSSR count). The van der Waals surface area contributed by atoms with Crippen molar-refractivity contribution in [2.75, 3.05) is 7.05 Å². The number of aryl methyl sites for hydroxylation is 1. The summed E-state index contributed by atoms with van der Waals surface area (Å²) < 4.78 is 5.57. The number of nitrogens with zero attached hydrogens (tertiary/aromatic N) is 1. The van der Waals surface area contributed by atoms with E-state index in [0.717, 1.165) is 31.2 Å². The van der Waals surface area contributed by atoms with Gasteiger partial charge in [0.15, 0.2) is 0 Å². The van der Waals surface area contributed by atoms with Crippen LogP contribution in [0.5, 0.6) is 0 Å². The third-order valence-electron chi connectivity index (χ3n) is 10.2. The predicted molar refractivity (Wildman–Crippen MR) is 223 cm³/mol. The van der Waals surface area contributed by atoms with Crippen LogP contribution in [0.2, 0.25) is 0 Å². The molecular weight excluding hydrogens is 761 g/mol. The molecule has 0 aliphatic rings. The number of esters is 1. The zero-order valence-electron chi connectivity index (χ0n) is 36.5. The molecule has 6 amide bonds. The predicted octanol–water partition coefficient (Wildman–Crippen LogP) is 3.39. The molecule has 1 aromatic rings. The number of aliphatic carboxylic acids is 1. The summed E-state index contributed by atoms with van der Waals surface area (Å²) in [4.78, 5) is 107. The van der Waals surface area contributed by atoms with Crippen LogP contribution in [0.25, 0.3) is 0 Å². The van der Waals surface area contributed by atoms with Gasteiger partial charge in [0.05, 0.1) is 18.9 Å². The summed E-state index contributed by atoms with van der Waals surface area (Å²) >= 11 is 0. The molecule has 7 N–H and O–H groups in total. The highest BCUT2D eigenvalue weighted by molar-refractivity contribution is 5.98. The van der Waals surface area contributed by atoms with Crippen molar-refractivity contribution >= 4 is 47.4 Å². The van der Waals surface area contributed by atoms with E-state index >= 15 is 0 Å². The highest BCUT2D eigenvalue weighted by Gasteiger charge is 2.37. The third-order valence-corrected chi connectivity index (χ3v) is 10.2. The normalized spacial score (nSPS) is 14.8. The first-order chi connectivity index (χ1) is 27.7. The highest BCUT2D eigenvalue weighted by atomic mass is 16.5. The van der Waals surface area contributed by atoms with E-state index in [1.54, 1.807) is 48.5 Å². The lowest BCUT2D eigenvalue weighted by Crippen LogP contribution is -2.61. The fourth-order valence-corrected chi connectivity index (χ4v) is 6.57. The van der Waals surface area contributed by atoms with Crippen molar-refractivity contribution in [1.82, 2.24) is 26.2 Å². The van der Waals surface area contributed by atoms with Crippen LogP contribution in [-0.4, -0.2) is 101 Å². The number of ether oxygens (including phenoxy) is 1. The summed E-state index contributed by atoms with van der Waals surface area (Å²) in [6.45, 7) is 14.4. The van der Waals surface area contributed by atoms with Crippen molar-refractivity contribution < 1.29 is 48.2 Å². The SMILES string of the molecule is CCCCCC[C@H](C)OC(=O)C[C@H](NC(=O)[C@@H](NC(=O)[C@H](C(C)C)N(C)C(=O)CCc1ccccc1)[C@@H](C)CC)C(=O)N[C@@H](CC(=O)O)C(=O)N[C@@H](CC(C)C)C(N)=O. The first kappa shape index (κ1) is 52.0. The van der Waals surface area contributed by atoms with E-state index in [0.29, 0.717) is 19.3 Å². The number of primary amides is 1. The van der Waals surface area contributed by atoms with Gasteiger partial charge in [-0.25, -0.2) is 0 Å². The second-order valence-corrected chi connectivity index (χ2v) is 16.2. The van der Waals surface area contributed by atoms with Gasteiger partial charge in [0.1, 0.15) is 30.2 Å². The highest BCUT2D eigenvalue weighted by Crippen LogP contribution is 2.17. The third kappa shape index (κ3) is 19.5. The van der Waals surface area contributed by atoms with Gasteiger partial charge in [-0.2, -0.15) is 0 Å². The van der Waals surface area contributed by atoms with E-state index in [4.69, 9.17) is 10.5 Å². The van der Waals surface area contributed by atoms with Gasteiger partial charge in [-0.1, -0.05) is 104 Å². The number of nitrogens with two attached hydrogens (primary N) is 1. The molecule has 0 unspecified atom stereocenters. The van der Waals surface area contributed by atoms with Crippen LogP contribution in [0, 0.1) is 17.8 Å². The largest absolute Gasteiger partial charge is 0.481 e. The Morgan fingerprint density at radius 3 is 1.85 bits per heavy atom. The van der Waals surface area contributed by atoms with Crippen LogP contribution in [0.4, 0.5) is 0 Å². The minimum absolute atomic E-state index is 0.0738. The van der Waals surface area contributed by atoms with E-state index in [2.05, 4.69) is 28.2 Å². The van der Waals surface area contributed by atoms with Crippen LogP contribution in [-0.2, 0) is 49.5 Å². The summed E-state index contributed by atoms with van der Waals surface area (Å²) in [6, 6.07) is 2.69. The lowest BCUT2D eigenvalue weighted by atomic mass is 9.95. The standard InChI is InChI=1S/C43H70N6O10/c1-10-12-13-15-18-29(8)59-36(53)25-33(41(56)46-32(24-35(51)52)40(55)45-31(39(44)54)23-26(3)4)47-42(57)37(28(7)11-2)48-43(58)38(27(5)6)49(9)34(50)22-21-30-19-16-14-17-20-30/h14,16-17,19-20,26-29,31-33,37-38H,10-13,15,18,21-25H2,1-9H3,(H2,44,54)(H,45,55)(H,46,56)(H,47,57)(H,48,58)(H,51,52)/t28-,29-,31-,32-,33-,37-,38-/m0/s1. The molecule has 7 atom stereocenters. The number of carbonyl (C=O) groups is 8. The smallest absolute Gasteiger partial charge is 0.308 e. The van der Waals surface area contributed by atoms with Gasteiger partial charge in [0.2, 0.25) is 35.4 Å². The first-order valence-corrected chi connectivity index (χ1v) is 20.9. The molecule has 0 aromatic heterocycles. The molecule has 1 aromatic carbocycles. The van der Waals surface area contributed by atoms with Gasteiger partial charge in [-0.3, -0.25) is 38.4 Å². The van der Waals surface area contributed by atoms with Gasteiger partial charge in [-0.05, 0) is 55.9 Å². The number of likely N-dealkylation sites (N-methyl/N-ethyl adjacent to an activating group) is 1. The van der Waals surface area contributed by atoms with Crippen molar-refractivity contribution in [3.05, 3.63) is 35.9 Å². The summed E-state index contributed by atoms with van der Waals surface area (Å²) in [5.41, 5.74) is 6.44. The van der Waals surface area contributed by atoms with Crippen molar-refractivity contribution in [2.24, 2.45) is 23.5 Å². The molecular formula is C43H70N6O10. The summed E-state index contributed by atoms with van der Waals surface area (Å²) in [6.07, 6.45) is 3.42. The Morgan fingerprint density at radius 2 is 1.32 bits per heavy atom. The average Bonchev–Trinajstić information content (AvgIpc) is 3.16. The Bertz CT molecular complexity index is 1540. The number of carboxylic acids is 1. The lowest BCUT2D eigenvalue weighted by molar-refractivity contribution is -0.151. The second kappa shape index (κ2) is 26.9. The number of nitrogens with one attached hydrogen (secondary N) is 4. The van der Waals surface area contributed by atoms with E-state index in [9.17, 15) is 43.5 Å². The molecule has 0 aliphatic heterocycles. The zero-order valence-corrected chi connectivity index (χ0v) is 36.5. The number of carbonyl (C=O) groups excluding carboxylic acids is 7. The fraction of sp³-hybridized carbons (Fsp3) is 0.674. The van der Waals surface area contributed by atoms with E-state index < -0.39 is 96.5 Å². The minimum Gasteiger partial charge on any atom is -0.481 e. The molecule has 0 spiro atoms. The molecule has 0 saturated heterocycles. The molecule has 16 heteroatoms. The number of benzene rings is 1. The Hall–Kier alpha value is -5.02. The van der Waals surface area contributed by atoms with Crippen LogP contribution in [0.15, 0.2) is 30.3 Å². The average molecular weight is 831 g/mol. The maximum absolute atomic E-state index is 14.1. The summed E-state index contributed by atoms with van der Waals surface area (Å²) in [5.74, 6) is -7.87. The number of amides is 6. The number of carboxylic acid groups (broad SMARTS) is 1. The number of hydrogen-bond donors (Lipinski definition) is 6. The van der Waals surface area contributed by atoms with E-state index in [-0.39, 0.29) is 30.6 Å².